The number of hydrogen-bond acceptors (Lipinski definition) is 3. The highest BCUT2D eigenvalue weighted by Crippen LogP contribution is 2.24. The predicted octanol–water partition coefficient (Wildman–Crippen LogP) is 1.57. The van der Waals surface area contributed by atoms with E-state index in [4.69, 9.17) is 0 Å². The molecule has 5 nitrogen and oxygen atoms in total. The Labute approximate surface area is 142 Å². The van der Waals surface area contributed by atoms with Crippen LogP contribution in [0.3, 0.4) is 0 Å². The molecule has 1 saturated carbocycles. The summed E-state index contributed by atoms with van der Waals surface area (Å²) in [6, 6.07) is 5.82. The van der Waals surface area contributed by atoms with Gasteiger partial charge in [0.05, 0.1) is 6.54 Å². The number of benzene rings is 1. The molecule has 0 saturated heterocycles. The smallest absolute Gasteiger partial charge is 0.251 e. The Morgan fingerprint density at radius 2 is 1.88 bits per heavy atom. The van der Waals surface area contributed by atoms with Crippen molar-refractivity contribution >= 4 is 11.8 Å². The maximum atomic E-state index is 12.2. The molecule has 0 bridgehead atoms. The Balaban J connectivity index is 1.49. The first-order chi connectivity index (χ1) is 11.7. The van der Waals surface area contributed by atoms with Crippen molar-refractivity contribution in [1.82, 2.24) is 10.6 Å². The molecule has 3 rings (SSSR count). The lowest BCUT2D eigenvalue weighted by Gasteiger charge is -2.30. The SMILES string of the molecule is O=C(CNC(=O)c1ccc2c(c1)CCC2)NC1CCCCC1CO. The zero-order chi connectivity index (χ0) is 16.9. The molecule has 0 radical (unpaired) electrons. The summed E-state index contributed by atoms with van der Waals surface area (Å²) in [6.07, 6.45) is 7.29. The number of carbonyl (C=O) groups is 2. The largest absolute Gasteiger partial charge is 0.396 e. The number of rotatable bonds is 5. The summed E-state index contributed by atoms with van der Waals surface area (Å²) in [6.45, 7) is 0.0804. The number of aliphatic hydroxyl groups is 1. The molecule has 0 aliphatic heterocycles. The highest BCUT2D eigenvalue weighted by Gasteiger charge is 2.25. The second-order valence-corrected chi connectivity index (χ2v) is 6.92. The minimum atomic E-state index is -0.206. The Bertz CT molecular complexity index is 615. The predicted molar refractivity (Wildman–Crippen MR) is 91.8 cm³/mol. The average molecular weight is 330 g/mol. The summed E-state index contributed by atoms with van der Waals surface area (Å²) in [5.41, 5.74) is 3.20. The van der Waals surface area contributed by atoms with Gasteiger partial charge in [-0.25, -0.2) is 0 Å². The maximum Gasteiger partial charge on any atom is 0.251 e. The summed E-state index contributed by atoms with van der Waals surface area (Å²) in [5, 5.41) is 15.1. The first kappa shape index (κ1) is 17.0. The molecule has 2 atom stereocenters. The lowest BCUT2D eigenvalue weighted by molar-refractivity contribution is -0.121. The number of carbonyl (C=O) groups excluding carboxylic acids is 2. The van der Waals surface area contributed by atoms with Gasteiger partial charge in [-0.3, -0.25) is 9.59 Å². The molecular formula is C19H26N2O3. The van der Waals surface area contributed by atoms with Crippen molar-refractivity contribution in [2.75, 3.05) is 13.2 Å². The zero-order valence-electron chi connectivity index (χ0n) is 14.0. The minimum Gasteiger partial charge on any atom is -0.396 e. The molecule has 2 amide bonds. The standard InChI is InChI=1S/C19H26N2O3/c22-12-16-4-1-2-7-17(16)21-18(23)11-20-19(24)15-9-8-13-5-3-6-14(13)10-15/h8-10,16-17,22H,1-7,11-12H2,(H,20,24)(H,21,23). The molecule has 2 aliphatic carbocycles. The van der Waals surface area contributed by atoms with Crippen LogP contribution in [0, 0.1) is 5.92 Å². The van der Waals surface area contributed by atoms with Gasteiger partial charge < -0.3 is 15.7 Å². The first-order valence-electron chi connectivity index (χ1n) is 8.97. The van der Waals surface area contributed by atoms with Gasteiger partial charge in [-0.05, 0) is 55.4 Å². The third-order valence-electron chi connectivity index (χ3n) is 5.26. The molecule has 5 heteroatoms. The number of aryl methyl sites for hydroxylation is 2. The number of amides is 2. The summed E-state index contributed by atoms with van der Waals surface area (Å²) < 4.78 is 0. The van der Waals surface area contributed by atoms with Crippen LogP contribution in [0.25, 0.3) is 0 Å². The van der Waals surface area contributed by atoms with Crippen LogP contribution < -0.4 is 10.6 Å². The van der Waals surface area contributed by atoms with E-state index >= 15 is 0 Å². The van der Waals surface area contributed by atoms with E-state index in [1.165, 1.54) is 11.1 Å². The van der Waals surface area contributed by atoms with Gasteiger partial charge in [0.2, 0.25) is 5.91 Å². The van der Waals surface area contributed by atoms with Crippen LogP contribution in [0.1, 0.15) is 53.6 Å². The molecule has 0 aromatic heterocycles. The lowest BCUT2D eigenvalue weighted by atomic mass is 9.85. The molecule has 130 valence electrons. The second kappa shape index (κ2) is 7.79. The van der Waals surface area contributed by atoms with Crippen molar-refractivity contribution in [1.29, 1.82) is 0 Å². The van der Waals surface area contributed by atoms with Gasteiger partial charge in [-0.2, -0.15) is 0 Å². The van der Waals surface area contributed by atoms with E-state index < -0.39 is 0 Å². The number of nitrogens with one attached hydrogen (secondary N) is 2. The Morgan fingerprint density at radius 1 is 1.08 bits per heavy atom. The first-order valence-corrected chi connectivity index (χ1v) is 8.97. The maximum absolute atomic E-state index is 12.2. The van der Waals surface area contributed by atoms with Crippen molar-refractivity contribution in [3.8, 4) is 0 Å². The minimum absolute atomic E-state index is 0.0214. The molecule has 1 aromatic rings. The fourth-order valence-corrected chi connectivity index (χ4v) is 3.85. The van der Waals surface area contributed by atoms with Crippen LogP contribution in [0.2, 0.25) is 0 Å². The fraction of sp³-hybridized carbons (Fsp3) is 0.579. The lowest BCUT2D eigenvalue weighted by Crippen LogP contribution is -2.47. The zero-order valence-corrected chi connectivity index (χ0v) is 14.0. The average Bonchev–Trinajstić information content (AvgIpc) is 3.07. The van der Waals surface area contributed by atoms with Gasteiger partial charge >= 0.3 is 0 Å². The number of fused-ring (bicyclic) bond motifs is 1. The van der Waals surface area contributed by atoms with Crippen LogP contribution in [0.4, 0.5) is 0 Å². The monoisotopic (exact) mass is 330 g/mol. The molecular weight excluding hydrogens is 304 g/mol. The van der Waals surface area contributed by atoms with Gasteiger partial charge in [0.1, 0.15) is 0 Å². The summed E-state index contributed by atoms with van der Waals surface area (Å²) >= 11 is 0. The van der Waals surface area contributed by atoms with Crippen LogP contribution in [0.15, 0.2) is 18.2 Å². The Hall–Kier alpha value is -1.88. The van der Waals surface area contributed by atoms with Gasteiger partial charge in [0, 0.05) is 24.1 Å². The van der Waals surface area contributed by atoms with Crippen molar-refractivity contribution < 1.29 is 14.7 Å². The molecule has 2 aliphatic rings. The van der Waals surface area contributed by atoms with Crippen molar-refractivity contribution in [2.45, 2.75) is 51.0 Å². The Morgan fingerprint density at radius 3 is 2.71 bits per heavy atom. The van der Waals surface area contributed by atoms with E-state index in [0.29, 0.717) is 5.56 Å². The van der Waals surface area contributed by atoms with Crippen molar-refractivity contribution in [3.63, 3.8) is 0 Å². The highest BCUT2D eigenvalue weighted by molar-refractivity contribution is 5.96. The molecule has 1 aromatic carbocycles. The quantitative estimate of drug-likeness (QED) is 0.767. The number of hydrogen-bond donors (Lipinski definition) is 3. The summed E-state index contributed by atoms with van der Waals surface area (Å²) in [4.78, 5) is 24.3. The van der Waals surface area contributed by atoms with Crippen LogP contribution in [-0.2, 0) is 17.6 Å². The van der Waals surface area contributed by atoms with Gasteiger partial charge in [0.25, 0.3) is 5.91 Å². The third kappa shape index (κ3) is 3.96. The topological polar surface area (TPSA) is 78.4 Å². The van der Waals surface area contributed by atoms with Crippen molar-refractivity contribution in [2.24, 2.45) is 5.92 Å². The van der Waals surface area contributed by atoms with Gasteiger partial charge in [-0.1, -0.05) is 18.9 Å². The van der Waals surface area contributed by atoms with Crippen molar-refractivity contribution in [3.05, 3.63) is 34.9 Å². The summed E-state index contributed by atoms with van der Waals surface area (Å²) in [5.74, 6) is -0.257. The van der Waals surface area contributed by atoms with Crippen LogP contribution >= 0.6 is 0 Å². The molecule has 2 unspecified atom stereocenters. The fourth-order valence-electron chi connectivity index (χ4n) is 3.85. The Kier molecular flexibility index (Phi) is 5.51. The second-order valence-electron chi connectivity index (χ2n) is 6.92. The normalized spacial score (nSPS) is 22.7. The van der Waals surface area contributed by atoms with E-state index in [1.54, 1.807) is 0 Å². The van der Waals surface area contributed by atoms with Crippen LogP contribution in [-0.4, -0.2) is 36.1 Å². The van der Waals surface area contributed by atoms with Crippen LogP contribution in [0.5, 0.6) is 0 Å². The van der Waals surface area contributed by atoms with E-state index in [-0.39, 0.29) is 36.9 Å². The van der Waals surface area contributed by atoms with Gasteiger partial charge in [-0.15, -0.1) is 0 Å². The summed E-state index contributed by atoms with van der Waals surface area (Å²) in [7, 11) is 0. The van der Waals surface area contributed by atoms with E-state index in [1.807, 2.05) is 18.2 Å². The molecule has 0 spiro atoms. The van der Waals surface area contributed by atoms with E-state index in [2.05, 4.69) is 10.6 Å². The van der Waals surface area contributed by atoms with E-state index in [0.717, 1.165) is 44.9 Å². The number of aliphatic hydroxyl groups excluding tert-OH is 1. The molecule has 3 N–H and O–H groups in total. The highest BCUT2D eigenvalue weighted by atomic mass is 16.3. The van der Waals surface area contributed by atoms with E-state index in [9.17, 15) is 14.7 Å². The van der Waals surface area contributed by atoms with Gasteiger partial charge in [0.15, 0.2) is 0 Å². The molecule has 0 heterocycles. The third-order valence-corrected chi connectivity index (χ3v) is 5.26. The molecule has 1 fully saturated rings. The molecule has 24 heavy (non-hydrogen) atoms.